The van der Waals surface area contributed by atoms with Crippen LogP contribution in [0.15, 0.2) is 12.7 Å². The van der Waals surface area contributed by atoms with Crippen molar-refractivity contribution in [2.45, 2.75) is 12.1 Å². The predicted molar refractivity (Wildman–Crippen MR) is 46.8 cm³/mol. The second-order valence-electron chi connectivity index (χ2n) is 2.96. The number of rotatable bonds is 2. The minimum Gasteiger partial charge on any atom is -0.390 e. The highest BCUT2D eigenvalue weighted by Crippen LogP contribution is 2.12. The topological polar surface area (TPSA) is 83.5 Å². The first kappa shape index (κ1) is 10.2. The van der Waals surface area contributed by atoms with Crippen LogP contribution in [0, 0.1) is 0 Å². The number of nitrogens with one attached hydrogen (secondary N) is 1. The van der Waals surface area contributed by atoms with E-state index in [4.69, 9.17) is 0 Å². The minimum atomic E-state index is -3.20. The average molecular weight is 205 g/mol. The summed E-state index contributed by atoms with van der Waals surface area (Å²) < 4.78 is 22.0. The summed E-state index contributed by atoms with van der Waals surface area (Å²) in [6.07, 6.45) is 0.0337. The average Bonchev–Trinajstić information content (AvgIpc) is 2.24. The van der Waals surface area contributed by atoms with Crippen molar-refractivity contribution in [3.05, 3.63) is 12.7 Å². The fourth-order valence-electron chi connectivity index (χ4n) is 1.21. The fraction of sp³-hybridized carbons (Fsp3) is 0.571. The molecule has 74 valence electrons. The van der Waals surface area contributed by atoms with Gasteiger partial charge in [-0.25, -0.2) is 8.42 Å². The summed E-state index contributed by atoms with van der Waals surface area (Å²) in [5, 5.41) is 11.6. The summed E-state index contributed by atoms with van der Waals surface area (Å²) in [7, 11) is -3.20. The lowest BCUT2D eigenvalue weighted by Gasteiger charge is -2.12. The molecule has 0 aliphatic carbocycles. The van der Waals surface area contributed by atoms with Gasteiger partial charge in [-0.3, -0.25) is 4.79 Å². The lowest BCUT2D eigenvalue weighted by atomic mass is 10.2. The van der Waals surface area contributed by atoms with Gasteiger partial charge in [0.05, 0.1) is 23.7 Å². The molecule has 1 fully saturated rings. The summed E-state index contributed by atoms with van der Waals surface area (Å²) in [5.41, 5.74) is 0. The maximum atomic E-state index is 11.0. The van der Waals surface area contributed by atoms with E-state index >= 15 is 0 Å². The molecule has 0 spiro atoms. The van der Waals surface area contributed by atoms with Crippen molar-refractivity contribution in [1.29, 1.82) is 0 Å². The van der Waals surface area contributed by atoms with Crippen LogP contribution in [0.25, 0.3) is 0 Å². The zero-order chi connectivity index (χ0) is 10.1. The Morgan fingerprint density at radius 1 is 1.54 bits per heavy atom. The first-order chi connectivity index (χ1) is 5.94. The molecule has 2 atom stereocenters. The van der Waals surface area contributed by atoms with Crippen molar-refractivity contribution in [3.63, 3.8) is 0 Å². The molecule has 0 aromatic carbocycles. The van der Waals surface area contributed by atoms with Crippen molar-refractivity contribution < 1.29 is 18.3 Å². The molecule has 2 N–H and O–H groups in total. The molecule has 1 aliphatic rings. The number of carbonyl (C=O) groups is 1. The molecule has 1 saturated heterocycles. The quantitative estimate of drug-likeness (QED) is 0.534. The third-order valence-corrected chi connectivity index (χ3v) is 3.55. The van der Waals surface area contributed by atoms with Gasteiger partial charge in [0.25, 0.3) is 0 Å². The van der Waals surface area contributed by atoms with Gasteiger partial charge in [0.15, 0.2) is 9.84 Å². The van der Waals surface area contributed by atoms with Crippen LogP contribution in [-0.4, -0.2) is 43.1 Å². The number of sulfone groups is 1. The van der Waals surface area contributed by atoms with E-state index in [0.717, 1.165) is 6.08 Å². The normalized spacial score (nSPS) is 31.2. The first-order valence-corrected chi connectivity index (χ1v) is 5.58. The van der Waals surface area contributed by atoms with Crippen LogP contribution in [0.1, 0.15) is 0 Å². The van der Waals surface area contributed by atoms with Crippen LogP contribution in [-0.2, 0) is 14.6 Å². The van der Waals surface area contributed by atoms with Crippen LogP contribution in [0.4, 0.5) is 0 Å². The molecule has 6 heteroatoms. The van der Waals surface area contributed by atoms with Crippen molar-refractivity contribution in [2.24, 2.45) is 0 Å². The van der Waals surface area contributed by atoms with Crippen molar-refractivity contribution in [3.8, 4) is 0 Å². The predicted octanol–water partition coefficient (Wildman–Crippen LogP) is -1.55. The Bertz CT molecular complexity index is 321. The smallest absolute Gasteiger partial charge is 0.243 e. The Labute approximate surface area is 76.4 Å². The standard InChI is InChI=1S/C7H11NO4S/c1-2-7(10)8-5-3-13(11,12)4-6(5)9/h2,5-6,9H,1,3-4H2,(H,8,10)/t5-,6-/m0/s1. The summed E-state index contributed by atoms with van der Waals surface area (Å²) >= 11 is 0. The van der Waals surface area contributed by atoms with Crippen LogP contribution in [0.2, 0.25) is 0 Å². The zero-order valence-corrected chi connectivity index (χ0v) is 7.75. The molecular formula is C7H11NO4S. The summed E-state index contributed by atoms with van der Waals surface area (Å²) in [4.78, 5) is 10.8. The minimum absolute atomic E-state index is 0.201. The monoisotopic (exact) mass is 205 g/mol. The van der Waals surface area contributed by atoms with Gasteiger partial charge in [-0.1, -0.05) is 6.58 Å². The van der Waals surface area contributed by atoms with E-state index in [1.54, 1.807) is 0 Å². The van der Waals surface area contributed by atoms with Crippen molar-refractivity contribution >= 4 is 15.7 Å². The highest BCUT2D eigenvalue weighted by Gasteiger charge is 2.36. The van der Waals surface area contributed by atoms with Gasteiger partial charge in [0, 0.05) is 0 Å². The molecule has 0 radical (unpaired) electrons. The number of amides is 1. The number of carbonyl (C=O) groups excluding carboxylic acids is 1. The second-order valence-corrected chi connectivity index (χ2v) is 5.12. The summed E-state index contributed by atoms with van der Waals surface area (Å²) in [6, 6.07) is -0.699. The van der Waals surface area contributed by atoms with E-state index in [9.17, 15) is 18.3 Å². The van der Waals surface area contributed by atoms with Crippen molar-refractivity contribution in [2.75, 3.05) is 11.5 Å². The lowest BCUT2D eigenvalue weighted by Crippen LogP contribution is -2.41. The Balaban J connectivity index is 2.63. The van der Waals surface area contributed by atoms with E-state index in [-0.39, 0.29) is 11.5 Å². The van der Waals surface area contributed by atoms with E-state index in [1.807, 2.05) is 0 Å². The number of aliphatic hydroxyl groups is 1. The molecule has 5 nitrogen and oxygen atoms in total. The number of hydrogen-bond donors (Lipinski definition) is 2. The van der Waals surface area contributed by atoms with Gasteiger partial charge in [-0.2, -0.15) is 0 Å². The van der Waals surface area contributed by atoms with Gasteiger partial charge in [-0.05, 0) is 6.08 Å². The number of aliphatic hydroxyl groups excluding tert-OH is 1. The molecule has 1 heterocycles. The molecule has 0 unspecified atom stereocenters. The lowest BCUT2D eigenvalue weighted by molar-refractivity contribution is -0.117. The maximum absolute atomic E-state index is 11.0. The maximum Gasteiger partial charge on any atom is 0.243 e. The molecule has 1 rings (SSSR count). The highest BCUT2D eigenvalue weighted by molar-refractivity contribution is 7.91. The Hall–Kier alpha value is -0.880. The van der Waals surface area contributed by atoms with E-state index in [2.05, 4.69) is 11.9 Å². The molecule has 1 amide bonds. The van der Waals surface area contributed by atoms with Gasteiger partial charge >= 0.3 is 0 Å². The molecule has 0 aromatic rings. The third-order valence-electron chi connectivity index (χ3n) is 1.84. The van der Waals surface area contributed by atoms with Crippen LogP contribution in [0.5, 0.6) is 0 Å². The van der Waals surface area contributed by atoms with Crippen molar-refractivity contribution in [1.82, 2.24) is 5.32 Å². The Morgan fingerprint density at radius 2 is 2.15 bits per heavy atom. The SMILES string of the molecule is C=CC(=O)N[C@H]1CS(=O)(=O)C[C@@H]1O. The highest BCUT2D eigenvalue weighted by atomic mass is 32.2. The number of hydrogen-bond acceptors (Lipinski definition) is 4. The van der Waals surface area contributed by atoms with Gasteiger partial charge in [-0.15, -0.1) is 0 Å². The van der Waals surface area contributed by atoms with Crippen LogP contribution >= 0.6 is 0 Å². The third kappa shape index (κ3) is 2.53. The zero-order valence-electron chi connectivity index (χ0n) is 6.93. The largest absolute Gasteiger partial charge is 0.390 e. The fourth-order valence-corrected chi connectivity index (χ4v) is 2.95. The van der Waals surface area contributed by atoms with E-state index < -0.39 is 27.9 Å². The molecule has 0 bridgehead atoms. The molecule has 0 saturated carbocycles. The van der Waals surface area contributed by atoms with Gasteiger partial charge in [0.2, 0.25) is 5.91 Å². The van der Waals surface area contributed by atoms with Crippen LogP contribution in [0.3, 0.4) is 0 Å². The Morgan fingerprint density at radius 3 is 2.54 bits per heavy atom. The van der Waals surface area contributed by atoms with E-state index in [1.165, 1.54) is 0 Å². The van der Waals surface area contributed by atoms with Gasteiger partial charge in [0.1, 0.15) is 0 Å². The first-order valence-electron chi connectivity index (χ1n) is 3.76. The summed E-state index contributed by atoms with van der Waals surface area (Å²) in [5.74, 6) is -0.954. The second kappa shape index (κ2) is 3.47. The molecule has 0 aromatic heterocycles. The Kier molecular flexibility index (Phi) is 2.72. The molecule has 13 heavy (non-hydrogen) atoms. The summed E-state index contributed by atoms with van der Waals surface area (Å²) in [6.45, 7) is 3.22. The van der Waals surface area contributed by atoms with Crippen LogP contribution < -0.4 is 5.32 Å². The molecular weight excluding hydrogens is 194 g/mol. The molecule has 1 aliphatic heterocycles. The van der Waals surface area contributed by atoms with E-state index in [0.29, 0.717) is 0 Å². The van der Waals surface area contributed by atoms with Gasteiger partial charge < -0.3 is 10.4 Å².